The molecule has 0 bridgehead atoms. The number of aliphatic hydroxyl groups is 2. The van der Waals surface area contributed by atoms with Crippen LogP contribution in [-0.2, 0) is 20.7 Å². The molecule has 5 atom stereocenters. The van der Waals surface area contributed by atoms with E-state index in [0.29, 0.717) is 31.0 Å². The Labute approximate surface area is 263 Å². The summed E-state index contributed by atoms with van der Waals surface area (Å²) < 4.78 is 5.65. The SMILES string of the molecule is C#CC[C@H](NC(=O)C(Cc1ccccc1)OC(=O)N(C)CCN(C)C)C(=O)N[C@@H](CC1CCCCC1)[C@@H](O)[C@@H](O)CC(=C)C. The average Bonchev–Trinajstić information content (AvgIpc) is 2.99. The molecule has 244 valence electrons. The molecular weight excluding hydrogens is 560 g/mol. The quantitative estimate of drug-likeness (QED) is 0.157. The van der Waals surface area contributed by atoms with Crippen LogP contribution in [0.5, 0.6) is 0 Å². The van der Waals surface area contributed by atoms with E-state index in [1.807, 2.05) is 49.3 Å². The zero-order valence-electron chi connectivity index (χ0n) is 26.8. The van der Waals surface area contributed by atoms with Crippen molar-refractivity contribution in [3.8, 4) is 12.3 Å². The first-order valence-electron chi connectivity index (χ1n) is 15.6. The molecule has 2 rings (SSSR count). The smallest absolute Gasteiger partial charge is 0.410 e. The minimum absolute atomic E-state index is 0.0977. The van der Waals surface area contributed by atoms with E-state index in [0.717, 1.165) is 37.7 Å². The molecular formula is C34H52N4O6. The molecule has 4 N–H and O–H groups in total. The van der Waals surface area contributed by atoms with Gasteiger partial charge < -0.3 is 35.4 Å². The van der Waals surface area contributed by atoms with Gasteiger partial charge >= 0.3 is 6.09 Å². The second-order valence-electron chi connectivity index (χ2n) is 12.3. The minimum atomic E-state index is -1.23. The molecule has 1 aliphatic carbocycles. The van der Waals surface area contributed by atoms with Crippen molar-refractivity contribution >= 4 is 17.9 Å². The summed E-state index contributed by atoms with van der Waals surface area (Å²) in [4.78, 5) is 43.4. The van der Waals surface area contributed by atoms with Gasteiger partial charge in [-0.3, -0.25) is 9.59 Å². The third kappa shape index (κ3) is 13.1. The number of carbonyl (C=O) groups is 3. The van der Waals surface area contributed by atoms with Crippen LogP contribution in [0.3, 0.4) is 0 Å². The summed E-state index contributed by atoms with van der Waals surface area (Å²) in [5, 5.41) is 27.3. The zero-order valence-corrected chi connectivity index (χ0v) is 26.8. The lowest BCUT2D eigenvalue weighted by molar-refractivity contribution is -0.135. The Kier molecular flexibility index (Phi) is 16.0. The maximum absolute atomic E-state index is 13.6. The number of hydrogen-bond donors (Lipinski definition) is 4. The number of hydrogen-bond acceptors (Lipinski definition) is 7. The minimum Gasteiger partial charge on any atom is -0.436 e. The number of rotatable bonds is 17. The van der Waals surface area contributed by atoms with E-state index in [2.05, 4.69) is 23.1 Å². The molecule has 1 aromatic rings. The fourth-order valence-corrected chi connectivity index (χ4v) is 5.36. The van der Waals surface area contributed by atoms with Gasteiger partial charge in [-0.15, -0.1) is 18.9 Å². The molecule has 1 aromatic carbocycles. The van der Waals surface area contributed by atoms with E-state index in [-0.39, 0.29) is 19.3 Å². The Hall–Kier alpha value is -3.39. The number of likely N-dealkylation sites (N-methyl/N-ethyl adjacent to an activating group) is 2. The molecule has 1 saturated carbocycles. The standard InChI is InChI=1S/C34H52N4O6/c1-7-14-27(32(41)36-28(22-25-15-10-8-11-16-25)31(40)29(39)21-24(2)3)35-33(42)30(23-26-17-12-9-13-18-26)44-34(43)38(6)20-19-37(4)5/h1,9,12-13,17-18,25,27-31,39-40H,2,8,10-11,14-16,19-23H2,3-6H3,(H,35,42)(H,36,41)/t27-,28-,29-,30?,31+/m0/s1. The highest BCUT2D eigenvalue weighted by Crippen LogP contribution is 2.29. The molecule has 10 heteroatoms. The van der Waals surface area contributed by atoms with Crippen LogP contribution in [0.15, 0.2) is 42.5 Å². The molecule has 0 aliphatic heterocycles. The van der Waals surface area contributed by atoms with Crippen LogP contribution in [0.25, 0.3) is 0 Å². The van der Waals surface area contributed by atoms with Crippen molar-refractivity contribution in [3.63, 3.8) is 0 Å². The van der Waals surface area contributed by atoms with Crippen molar-refractivity contribution in [2.24, 2.45) is 5.92 Å². The number of nitrogens with zero attached hydrogens (tertiary/aromatic N) is 2. The number of ether oxygens (including phenoxy) is 1. The first-order chi connectivity index (χ1) is 20.9. The van der Waals surface area contributed by atoms with Gasteiger partial charge in [-0.05, 0) is 45.3 Å². The molecule has 0 radical (unpaired) electrons. The molecule has 1 fully saturated rings. The van der Waals surface area contributed by atoms with Crippen LogP contribution in [0.2, 0.25) is 0 Å². The summed E-state index contributed by atoms with van der Waals surface area (Å²) in [5.74, 6) is 1.50. The molecule has 0 heterocycles. The van der Waals surface area contributed by atoms with Gasteiger partial charge in [0.2, 0.25) is 5.91 Å². The van der Waals surface area contributed by atoms with Gasteiger partial charge in [0.15, 0.2) is 6.10 Å². The summed E-state index contributed by atoms with van der Waals surface area (Å²) in [6.45, 7) is 6.60. The van der Waals surface area contributed by atoms with Crippen molar-refractivity contribution in [1.29, 1.82) is 0 Å². The largest absolute Gasteiger partial charge is 0.436 e. The van der Waals surface area contributed by atoms with Crippen LogP contribution in [0.1, 0.15) is 63.9 Å². The monoisotopic (exact) mass is 612 g/mol. The fraction of sp³-hybridized carbons (Fsp3) is 0.618. The number of carbonyl (C=O) groups excluding carboxylic acids is 3. The Balaban J connectivity index is 2.22. The number of nitrogens with one attached hydrogen (secondary N) is 2. The maximum Gasteiger partial charge on any atom is 0.410 e. The highest BCUT2D eigenvalue weighted by molar-refractivity contribution is 5.90. The average molecular weight is 613 g/mol. The molecule has 10 nitrogen and oxygen atoms in total. The highest BCUT2D eigenvalue weighted by Gasteiger charge is 2.34. The number of amides is 3. The zero-order chi connectivity index (χ0) is 32.6. The molecule has 0 aromatic heterocycles. The van der Waals surface area contributed by atoms with Gasteiger partial charge in [0, 0.05) is 33.0 Å². The van der Waals surface area contributed by atoms with E-state index in [1.165, 1.54) is 4.90 Å². The van der Waals surface area contributed by atoms with E-state index >= 15 is 0 Å². The van der Waals surface area contributed by atoms with Crippen LogP contribution in [-0.4, -0.2) is 103 Å². The van der Waals surface area contributed by atoms with Crippen molar-refractivity contribution < 1.29 is 29.3 Å². The lowest BCUT2D eigenvalue weighted by Gasteiger charge is -2.33. The van der Waals surface area contributed by atoms with Crippen molar-refractivity contribution in [3.05, 3.63) is 48.0 Å². The summed E-state index contributed by atoms with van der Waals surface area (Å²) in [7, 11) is 5.38. The van der Waals surface area contributed by atoms with E-state index in [9.17, 15) is 24.6 Å². The number of terminal acetylenes is 1. The van der Waals surface area contributed by atoms with E-state index in [1.54, 1.807) is 14.0 Å². The van der Waals surface area contributed by atoms with Crippen molar-refractivity contribution in [2.75, 3.05) is 34.2 Å². The molecule has 1 aliphatic rings. The van der Waals surface area contributed by atoms with Gasteiger partial charge in [-0.25, -0.2) is 4.79 Å². The van der Waals surface area contributed by atoms with E-state index < -0.39 is 48.3 Å². The first-order valence-corrected chi connectivity index (χ1v) is 15.6. The topological polar surface area (TPSA) is 131 Å². The van der Waals surface area contributed by atoms with Gasteiger partial charge in [0.25, 0.3) is 5.91 Å². The lowest BCUT2D eigenvalue weighted by Crippen LogP contribution is -2.56. The summed E-state index contributed by atoms with van der Waals surface area (Å²) >= 11 is 0. The lowest BCUT2D eigenvalue weighted by atomic mass is 9.82. The molecule has 0 saturated heterocycles. The maximum atomic E-state index is 13.6. The predicted molar refractivity (Wildman–Crippen MR) is 172 cm³/mol. The van der Waals surface area contributed by atoms with Gasteiger partial charge in [-0.2, -0.15) is 0 Å². The Morgan fingerprint density at radius 1 is 1.05 bits per heavy atom. The molecule has 0 spiro atoms. The van der Waals surface area contributed by atoms with Gasteiger partial charge in [-0.1, -0.05) is 68.0 Å². The summed E-state index contributed by atoms with van der Waals surface area (Å²) in [6.07, 6.45) is 7.31. The van der Waals surface area contributed by atoms with Gasteiger partial charge in [0.1, 0.15) is 12.1 Å². The summed E-state index contributed by atoms with van der Waals surface area (Å²) in [5.41, 5.74) is 1.49. The van der Waals surface area contributed by atoms with Crippen LogP contribution >= 0.6 is 0 Å². The Bertz CT molecular complexity index is 1100. The van der Waals surface area contributed by atoms with Crippen LogP contribution in [0.4, 0.5) is 4.79 Å². The highest BCUT2D eigenvalue weighted by atomic mass is 16.6. The fourth-order valence-electron chi connectivity index (χ4n) is 5.36. The third-order valence-corrected chi connectivity index (χ3v) is 7.95. The van der Waals surface area contributed by atoms with Crippen LogP contribution in [0, 0.1) is 18.3 Å². The molecule has 1 unspecified atom stereocenters. The number of aliphatic hydroxyl groups excluding tert-OH is 2. The molecule has 3 amide bonds. The molecule has 44 heavy (non-hydrogen) atoms. The van der Waals surface area contributed by atoms with Gasteiger partial charge in [0.05, 0.1) is 12.1 Å². The van der Waals surface area contributed by atoms with E-state index in [4.69, 9.17) is 11.2 Å². The van der Waals surface area contributed by atoms with Crippen molar-refractivity contribution in [1.82, 2.24) is 20.4 Å². The van der Waals surface area contributed by atoms with Crippen LogP contribution < -0.4 is 10.6 Å². The predicted octanol–water partition coefficient (Wildman–Crippen LogP) is 2.88. The first kappa shape index (κ1) is 36.8. The normalized spacial score (nSPS) is 17.0. The van der Waals surface area contributed by atoms with Crippen molar-refractivity contribution in [2.45, 2.75) is 95.1 Å². The third-order valence-electron chi connectivity index (χ3n) is 7.95. The number of benzene rings is 1. The summed E-state index contributed by atoms with van der Waals surface area (Å²) in [6, 6.07) is 7.24. The second kappa shape index (κ2) is 19.1. The Morgan fingerprint density at radius 3 is 2.30 bits per heavy atom. The Morgan fingerprint density at radius 2 is 1.70 bits per heavy atom. The second-order valence-corrected chi connectivity index (χ2v) is 12.3.